The van der Waals surface area contributed by atoms with Crippen molar-refractivity contribution in [3.63, 3.8) is 0 Å². The number of halogens is 1. The van der Waals surface area contributed by atoms with Crippen molar-refractivity contribution in [2.45, 2.75) is 76.5 Å². The van der Waals surface area contributed by atoms with E-state index in [9.17, 15) is 9.18 Å². The van der Waals surface area contributed by atoms with Gasteiger partial charge < -0.3 is 9.30 Å². The number of alkyl halides is 1. The Bertz CT molecular complexity index is 1240. The number of pyridine rings is 1. The van der Waals surface area contributed by atoms with E-state index in [1.54, 1.807) is 17.7 Å². The molecular formula is C25H30FN5O2. The van der Waals surface area contributed by atoms with E-state index >= 15 is 0 Å². The Morgan fingerprint density at radius 3 is 2.48 bits per heavy atom. The highest BCUT2D eigenvalue weighted by Gasteiger charge is 2.31. The largest absolute Gasteiger partial charge is 0.373 e. The third-order valence-corrected chi connectivity index (χ3v) is 7.16. The van der Waals surface area contributed by atoms with Gasteiger partial charge in [0.05, 0.1) is 23.2 Å². The fourth-order valence-electron chi connectivity index (χ4n) is 5.01. The van der Waals surface area contributed by atoms with Crippen molar-refractivity contribution in [1.82, 2.24) is 24.5 Å². The molecule has 7 nitrogen and oxygen atoms in total. The average molecular weight is 452 g/mol. The molecule has 0 N–H and O–H groups in total. The summed E-state index contributed by atoms with van der Waals surface area (Å²) in [5, 5.41) is 0. The quantitative estimate of drug-likeness (QED) is 0.588. The Labute approximate surface area is 192 Å². The molecule has 0 spiro atoms. The lowest BCUT2D eigenvalue weighted by Gasteiger charge is -2.30. The van der Waals surface area contributed by atoms with Crippen LogP contribution in [0.4, 0.5) is 4.39 Å². The molecule has 5 rings (SSSR count). The van der Waals surface area contributed by atoms with Gasteiger partial charge >= 0.3 is 0 Å². The van der Waals surface area contributed by atoms with Crippen molar-refractivity contribution in [2.75, 3.05) is 6.61 Å². The molecule has 3 aromatic rings. The van der Waals surface area contributed by atoms with Gasteiger partial charge in [-0.25, -0.2) is 24.3 Å². The molecule has 2 aliphatic rings. The minimum Gasteiger partial charge on any atom is -0.373 e. The smallest absolute Gasteiger partial charge is 0.250 e. The van der Waals surface area contributed by atoms with E-state index in [1.807, 2.05) is 26.1 Å². The Morgan fingerprint density at radius 1 is 0.970 bits per heavy atom. The minimum atomic E-state index is -0.720. The van der Waals surface area contributed by atoms with Crippen LogP contribution in [0.2, 0.25) is 0 Å². The second-order valence-electron chi connectivity index (χ2n) is 9.47. The van der Waals surface area contributed by atoms with Gasteiger partial charge in [0.15, 0.2) is 5.65 Å². The maximum atomic E-state index is 13.8. The van der Waals surface area contributed by atoms with Gasteiger partial charge in [-0.2, -0.15) is 0 Å². The number of hydrogen-bond acceptors (Lipinski definition) is 6. The lowest BCUT2D eigenvalue weighted by atomic mass is 9.85. The predicted molar refractivity (Wildman–Crippen MR) is 123 cm³/mol. The Kier molecular flexibility index (Phi) is 5.95. The highest BCUT2D eigenvalue weighted by Crippen LogP contribution is 2.39. The molecule has 0 amide bonds. The second-order valence-corrected chi connectivity index (χ2v) is 9.47. The zero-order valence-electron chi connectivity index (χ0n) is 19.4. The van der Waals surface area contributed by atoms with Crippen molar-refractivity contribution in [1.29, 1.82) is 0 Å². The first-order chi connectivity index (χ1) is 15.9. The lowest BCUT2D eigenvalue weighted by molar-refractivity contribution is 0.00358. The monoisotopic (exact) mass is 451 g/mol. The fraction of sp³-hybridized carbons (Fsp3) is 0.560. The first-order valence-corrected chi connectivity index (χ1v) is 11.8. The Morgan fingerprint density at radius 2 is 1.73 bits per heavy atom. The number of rotatable bonds is 3. The molecule has 4 heterocycles. The molecule has 33 heavy (non-hydrogen) atoms. The first-order valence-electron chi connectivity index (χ1n) is 11.8. The summed E-state index contributed by atoms with van der Waals surface area (Å²) < 4.78 is 21.5. The van der Waals surface area contributed by atoms with Gasteiger partial charge in [0.25, 0.3) is 0 Å². The van der Waals surface area contributed by atoms with E-state index in [2.05, 4.69) is 0 Å². The molecule has 1 saturated heterocycles. The van der Waals surface area contributed by atoms with Crippen molar-refractivity contribution < 1.29 is 9.13 Å². The molecule has 8 heteroatoms. The van der Waals surface area contributed by atoms with Crippen molar-refractivity contribution in [3.8, 4) is 0 Å². The zero-order chi connectivity index (χ0) is 23.1. The molecular weight excluding hydrogens is 421 g/mol. The Hall–Kier alpha value is -2.74. The molecule has 1 aliphatic carbocycles. The molecule has 2 atom stereocenters. The van der Waals surface area contributed by atoms with Crippen LogP contribution in [0.15, 0.2) is 23.1 Å². The van der Waals surface area contributed by atoms with Crippen molar-refractivity contribution >= 4 is 11.2 Å². The van der Waals surface area contributed by atoms with E-state index in [0.717, 1.165) is 59.7 Å². The number of aromatic nitrogens is 5. The first kappa shape index (κ1) is 22.1. The summed E-state index contributed by atoms with van der Waals surface area (Å²) >= 11 is 0. The minimum absolute atomic E-state index is 0.0409. The van der Waals surface area contributed by atoms with E-state index in [0.29, 0.717) is 25.1 Å². The lowest BCUT2D eigenvalue weighted by Crippen LogP contribution is -2.23. The summed E-state index contributed by atoms with van der Waals surface area (Å²) in [6.45, 7) is 4.50. The van der Waals surface area contributed by atoms with E-state index in [1.165, 1.54) is 0 Å². The average Bonchev–Trinajstić information content (AvgIpc) is 2.82. The normalized spacial score (nSPS) is 25.9. The van der Waals surface area contributed by atoms with Gasteiger partial charge in [0, 0.05) is 37.8 Å². The molecule has 0 aromatic carbocycles. The number of aryl methyl sites for hydroxylation is 3. The van der Waals surface area contributed by atoms with Crippen LogP contribution in [0.25, 0.3) is 11.2 Å². The summed E-state index contributed by atoms with van der Waals surface area (Å²) in [6, 6.07) is 3.42. The van der Waals surface area contributed by atoms with Crippen LogP contribution in [0.1, 0.15) is 84.9 Å². The number of fused-ring (bicyclic) bond motifs is 1. The topological polar surface area (TPSA) is 82.8 Å². The predicted octanol–water partition coefficient (Wildman–Crippen LogP) is 4.37. The summed E-state index contributed by atoms with van der Waals surface area (Å²) in [5.74, 6) is 1.07. The van der Waals surface area contributed by atoms with Crippen LogP contribution in [-0.4, -0.2) is 37.3 Å². The Balaban J connectivity index is 1.52. The molecule has 1 saturated carbocycles. The van der Waals surface area contributed by atoms with Crippen molar-refractivity contribution in [3.05, 3.63) is 57.2 Å². The highest BCUT2D eigenvalue weighted by atomic mass is 19.1. The summed E-state index contributed by atoms with van der Waals surface area (Å²) in [7, 11) is 1.75. The second kappa shape index (κ2) is 8.89. The van der Waals surface area contributed by atoms with Crippen molar-refractivity contribution in [2.24, 2.45) is 7.05 Å². The van der Waals surface area contributed by atoms with Crippen LogP contribution in [-0.2, 0) is 11.8 Å². The zero-order valence-corrected chi connectivity index (χ0v) is 19.4. The van der Waals surface area contributed by atoms with Gasteiger partial charge in [-0.15, -0.1) is 0 Å². The molecule has 1 aliphatic heterocycles. The third kappa shape index (κ3) is 4.40. The standard InChI is InChI=1S/C25H30FN5O2/c1-14-15(2)28-25-23(27-14)22(16-4-7-19(26)8-5-16)29-24(30-25)17-10-11-33-20(12-17)18-6-9-21(32)31(3)13-18/h6,9,13,16-17,19-20H,4-5,7-8,10-12H2,1-3H3/t16?,17-,19?,20+/m0/s1. The maximum absolute atomic E-state index is 13.8. The van der Waals surface area contributed by atoms with Gasteiger partial charge in [-0.1, -0.05) is 0 Å². The number of nitrogens with zero attached hydrogens (tertiary/aromatic N) is 5. The van der Waals surface area contributed by atoms with Gasteiger partial charge in [0.1, 0.15) is 17.5 Å². The van der Waals surface area contributed by atoms with Crippen LogP contribution in [0.3, 0.4) is 0 Å². The summed E-state index contributed by atoms with van der Waals surface area (Å²) in [5.41, 5.74) is 4.98. The van der Waals surface area contributed by atoms with E-state index in [4.69, 9.17) is 24.7 Å². The van der Waals surface area contributed by atoms with Crippen LogP contribution in [0.5, 0.6) is 0 Å². The molecule has 3 aromatic heterocycles. The van der Waals surface area contributed by atoms with E-state index in [-0.39, 0.29) is 23.5 Å². The SMILES string of the molecule is Cc1nc2nc([C@H]3CCO[C@@H](c4ccc(=O)n(C)c4)C3)nc(C3CCC(F)CC3)c2nc1C. The van der Waals surface area contributed by atoms with Gasteiger partial charge in [-0.3, -0.25) is 4.79 Å². The van der Waals surface area contributed by atoms with Crippen LogP contribution < -0.4 is 5.56 Å². The maximum Gasteiger partial charge on any atom is 0.250 e. The number of hydrogen-bond donors (Lipinski definition) is 0. The molecule has 0 bridgehead atoms. The van der Waals surface area contributed by atoms with Crippen LogP contribution >= 0.6 is 0 Å². The van der Waals surface area contributed by atoms with Crippen LogP contribution in [0, 0.1) is 13.8 Å². The fourth-order valence-corrected chi connectivity index (χ4v) is 5.01. The molecule has 0 radical (unpaired) electrons. The van der Waals surface area contributed by atoms with Gasteiger partial charge in [0.2, 0.25) is 5.56 Å². The summed E-state index contributed by atoms with van der Waals surface area (Å²) in [6.07, 6.45) is 5.24. The summed E-state index contributed by atoms with van der Waals surface area (Å²) in [4.78, 5) is 31.2. The third-order valence-electron chi connectivity index (χ3n) is 7.16. The molecule has 2 fully saturated rings. The van der Waals surface area contributed by atoms with E-state index < -0.39 is 6.17 Å². The molecule has 0 unspecified atom stereocenters. The highest BCUT2D eigenvalue weighted by molar-refractivity contribution is 5.73. The number of ether oxygens (including phenoxy) is 1. The van der Waals surface area contributed by atoms with Gasteiger partial charge in [-0.05, 0) is 64.0 Å². The molecule has 174 valence electrons.